The molecule has 7 nitrogen and oxygen atoms in total. The van der Waals surface area contributed by atoms with Crippen molar-refractivity contribution in [2.24, 2.45) is 0 Å². The molecule has 2 N–H and O–H groups in total. The maximum atomic E-state index is 14.2. The molecule has 2 aliphatic heterocycles. The van der Waals surface area contributed by atoms with Gasteiger partial charge in [-0.3, -0.25) is 4.79 Å². The molecule has 3 heterocycles. The molecule has 2 aromatic rings. The number of nitrogens with zero attached hydrogens (tertiary/aromatic N) is 3. The molecule has 33 heavy (non-hydrogen) atoms. The Kier molecular flexibility index (Phi) is 6.23. The number of ether oxygens (including phenoxy) is 1. The van der Waals surface area contributed by atoms with Gasteiger partial charge in [-0.15, -0.1) is 0 Å². The van der Waals surface area contributed by atoms with Gasteiger partial charge in [0.1, 0.15) is 17.4 Å². The number of amides is 1. The number of hydrogen-bond acceptors (Lipinski definition) is 6. The Morgan fingerprint density at radius 1 is 1.15 bits per heavy atom. The summed E-state index contributed by atoms with van der Waals surface area (Å²) >= 11 is 0. The predicted octanol–water partition coefficient (Wildman–Crippen LogP) is 3.74. The number of rotatable bonds is 5. The topological polar surface area (TPSA) is 79.4 Å². The van der Waals surface area contributed by atoms with E-state index < -0.39 is 5.41 Å². The average molecular weight is 450 g/mol. The second-order valence-corrected chi connectivity index (χ2v) is 9.60. The molecule has 1 amide bonds. The highest BCUT2D eigenvalue weighted by Gasteiger charge is 2.44. The first-order valence-corrected chi connectivity index (χ1v) is 12.4. The molecule has 1 saturated heterocycles. The number of aromatic nitrogens is 2. The fourth-order valence-corrected chi connectivity index (χ4v) is 5.88. The molecular weight excluding hydrogens is 414 g/mol. The first-order chi connectivity index (χ1) is 16.1. The van der Waals surface area contributed by atoms with Gasteiger partial charge in [-0.1, -0.05) is 31.4 Å². The van der Waals surface area contributed by atoms with Crippen molar-refractivity contribution in [2.45, 2.75) is 69.4 Å². The summed E-state index contributed by atoms with van der Waals surface area (Å²) < 4.78 is 5.36. The van der Waals surface area contributed by atoms with Crippen LogP contribution in [0.3, 0.4) is 0 Å². The van der Waals surface area contributed by atoms with Gasteiger partial charge in [0.05, 0.1) is 30.8 Å². The van der Waals surface area contributed by atoms with Crippen molar-refractivity contribution < 1.29 is 9.53 Å². The summed E-state index contributed by atoms with van der Waals surface area (Å²) in [4.78, 5) is 26.0. The predicted molar refractivity (Wildman–Crippen MR) is 128 cm³/mol. The zero-order valence-electron chi connectivity index (χ0n) is 19.8. The zero-order chi connectivity index (χ0) is 22.8. The Hall–Kier alpha value is -2.67. The Morgan fingerprint density at radius 2 is 1.94 bits per heavy atom. The van der Waals surface area contributed by atoms with Crippen molar-refractivity contribution in [1.82, 2.24) is 20.2 Å². The molecule has 1 atom stereocenters. The van der Waals surface area contributed by atoms with E-state index in [9.17, 15) is 4.79 Å². The van der Waals surface area contributed by atoms with Crippen LogP contribution in [0.4, 0.5) is 5.82 Å². The van der Waals surface area contributed by atoms with Gasteiger partial charge in [0, 0.05) is 19.2 Å². The quantitative estimate of drug-likeness (QED) is 0.724. The monoisotopic (exact) mass is 449 g/mol. The van der Waals surface area contributed by atoms with Crippen molar-refractivity contribution in [1.29, 1.82) is 0 Å². The van der Waals surface area contributed by atoms with Gasteiger partial charge in [0.25, 0.3) is 0 Å². The lowest BCUT2D eigenvalue weighted by atomic mass is 9.68. The van der Waals surface area contributed by atoms with Crippen molar-refractivity contribution >= 4 is 11.7 Å². The minimum atomic E-state index is -0.448. The van der Waals surface area contributed by atoms with E-state index in [0.29, 0.717) is 13.1 Å². The Morgan fingerprint density at radius 3 is 2.61 bits per heavy atom. The first-order valence-electron chi connectivity index (χ1n) is 12.4. The molecule has 1 aromatic carbocycles. The first kappa shape index (κ1) is 22.1. The van der Waals surface area contributed by atoms with E-state index in [-0.39, 0.29) is 11.9 Å². The van der Waals surface area contributed by atoms with Gasteiger partial charge in [0.15, 0.2) is 0 Å². The second-order valence-electron chi connectivity index (χ2n) is 9.60. The number of methoxy groups -OCH3 is 1. The summed E-state index contributed by atoms with van der Waals surface area (Å²) in [5, 5.41) is 6.79. The summed E-state index contributed by atoms with van der Waals surface area (Å²) in [6.07, 6.45) is 8.19. The molecule has 1 aliphatic carbocycles. The number of benzene rings is 1. The molecule has 7 heteroatoms. The SMILES string of the molecule is CNc1nc(C2CCCN2)nc2c1CCN(C(=O)C1(c3ccc(OC)cc3)CCCCC1)C2. The molecule has 0 spiro atoms. The maximum Gasteiger partial charge on any atom is 0.233 e. The highest BCUT2D eigenvalue weighted by Crippen LogP contribution is 2.42. The van der Waals surface area contributed by atoms with E-state index in [4.69, 9.17) is 14.7 Å². The average Bonchev–Trinajstić information content (AvgIpc) is 3.43. The molecule has 3 aliphatic rings. The number of nitrogens with one attached hydrogen (secondary N) is 2. The lowest BCUT2D eigenvalue weighted by molar-refractivity contribution is -0.140. The van der Waals surface area contributed by atoms with Crippen LogP contribution in [0.25, 0.3) is 0 Å². The van der Waals surface area contributed by atoms with Crippen LogP contribution in [0.1, 0.15) is 73.6 Å². The number of hydrogen-bond donors (Lipinski definition) is 2. The standard InChI is InChI=1S/C26H35N5O2/c1-27-23-20-12-16-31(17-22(20)29-24(30-23)21-7-6-15-28-21)25(32)26(13-4-3-5-14-26)18-8-10-19(33-2)11-9-18/h8-11,21,28H,3-7,12-17H2,1-2H3,(H,27,29,30). The molecule has 1 aromatic heterocycles. The third kappa shape index (κ3) is 4.07. The van der Waals surface area contributed by atoms with Crippen LogP contribution in [0.5, 0.6) is 5.75 Å². The van der Waals surface area contributed by atoms with Crippen LogP contribution < -0.4 is 15.4 Å². The summed E-state index contributed by atoms with van der Waals surface area (Å²) in [6.45, 7) is 2.28. The van der Waals surface area contributed by atoms with E-state index in [1.165, 1.54) is 6.42 Å². The van der Waals surface area contributed by atoms with Gasteiger partial charge in [-0.25, -0.2) is 9.97 Å². The van der Waals surface area contributed by atoms with Crippen LogP contribution in [-0.2, 0) is 23.2 Å². The Bertz CT molecular complexity index is 994. The smallest absolute Gasteiger partial charge is 0.233 e. The Labute approximate surface area is 196 Å². The van der Waals surface area contributed by atoms with E-state index in [1.807, 2.05) is 19.2 Å². The number of carbonyl (C=O) groups excluding carboxylic acids is 1. The molecule has 5 rings (SSSR count). The van der Waals surface area contributed by atoms with Crippen LogP contribution in [0.2, 0.25) is 0 Å². The Balaban J connectivity index is 1.45. The van der Waals surface area contributed by atoms with Crippen LogP contribution >= 0.6 is 0 Å². The molecule has 1 saturated carbocycles. The molecule has 176 valence electrons. The van der Waals surface area contributed by atoms with E-state index in [2.05, 4.69) is 27.7 Å². The fraction of sp³-hybridized carbons (Fsp3) is 0.577. The summed E-state index contributed by atoms with van der Waals surface area (Å²) in [7, 11) is 3.60. The highest BCUT2D eigenvalue weighted by molar-refractivity contribution is 5.88. The fourth-order valence-electron chi connectivity index (χ4n) is 5.88. The molecule has 0 radical (unpaired) electrons. The maximum absolute atomic E-state index is 14.2. The summed E-state index contributed by atoms with van der Waals surface area (Å²) in [6, 6.07) is 8.35. The van der Waals surface area contributed by atoms with Gasteiger partial charge < -0.3 is 20.3 Å². The zero-order valence-corrected chi connectivity index (χ0v) is 19.8. The largest absolute Gasteiger partial charge is 0.497 e. The van der Waals surface area contributed by atoms with Gasteiger partial charge in [-0.05, 0) is 56.3 Å². The third-order valence-electron chi connectivity index (χ3n) is 7.74. The second kappa shape index (κ2) is 9.29. The lowest BCUT2D eigenvalue weighted by Crippen LogP contribution is -2.50. The minimum Gasteiger partial charge on any atom is -0.497 e. The van der Waals surface area contributed by atoms with Gasteiger partial charge >= 0.3 is 0 Å². The van der Waals surface area contributed by atoms with E-state index in [0.717, 1.165) is 85.7 Å². The van der Waals surface area contributed by atoms with Crippen molar-refractivity contribution in [3.63, 3.8) is 0 Å². The molecule has 1 unspecified atom stereocenters. The third-order valence-corrected chi connectivity index (χ3v) is 7.74. The van der Waals surface area contributed by atoms with Crippen LogP contribution in [0, 0.1) is 0 Å². The van der Waals surface area contributed by atoms with Crippen molar-refractivity contribution in [2.75, 3.05) is 32.6 Å². The number of anilines is 1. The normalized spacial score (nSPS) is 22.0. The van der Waals surface area contributed by atoms with Crippen LogP contribution in [0.15, 0.2) is 24.3 Å². The highest BCUT2D eigenvalue weighted by atomic mass is 16.5. The number of fused-ring (bicyclic) bond motifs is 1. The molecular formula is C26H35N5O2. The minimum absolute atomic E-state index is 0.206. The lowest BCUT2D eigenvalue weighted by Gasteiger charge is -2.41. The summed E-state index contributed by atoms with van der Waals surface area (Å²) in [5.74, 6) is 2.85. The van der Waals surface area contributed by atoms with E-state index in [1.54, 1.807) is 7.11 Å². The number of carbonyl (C=O) groups is 1. The van der Waals surface area contributed by atoms with Crippen LogP contribution in [-0.4, -0.2) is 48.0 Å². The van der Waals surface area contributed by atoms with E-state index >= 15 is 0 Å². The van der Waals surface area contributed by atoms with Gasteiger partial charge in [-0.2, -0.15) is 0 Å². The molecule has 0 bridgehead atoms. The van der Waals surface area contributed by atoms with Gasteiger partial charge in [0.2, 0.25) is 5.91 Å². The molecule has 2 fully saturated rings. The van der Waals surface area contributed by atoms with Crippen molar-refractivity contribution in [3.8, 4) is 5.75 Å². The summed E-state index contributed by atoms with van der Waals surface area (Å²) in [5.41, 5.74) is 2.83. The van der Waals surface area contributed by atoms with Crippen molar-refractivity contribution in [3.05, 3.63) is 46.9 Å².